The fraction of sp³-hybridized carbons (Fsp3) is 0.130. The molecule has 0 saturated carbocycles. The van der Waals surface area contributed by atoms with E-state index in [2.05, 4.69) is 5.32 Å². The van der Waals surface area contributed by atoms with Gasteiger partial charge in [0.25, 0.3) is 10.0 Å². The van der Waals surface area contributed by atoms with Crippen LogP contribution >= 0.6 is 11.6 Å². The van der Waals surface area contributed by atoms with E-state index in [1.165, 1.54) is 31.2 Å². The minimum Gasteiger partial charge on any atom is -0.324 e. The number of anilines is 2. The molecule has 1 N–H and O–H groups in total. The van der Waals surface area contributed by atoms with Gasteiger partial charge in [0, 0.05) is 16.3 Å². The van der Waals surface area contributed by atoms with Crippen molar-refractivity contribution in [1.82, 2.24) is 0 Å². The first kappa shape index (κ1) is 22.5. The minimum atomic E-state index is -4.04. The number of rotatable bonds is 7. The monoisotopic (exact) mass is 456 g/mol. The van der Waals surface area contributed by atoms with E-state index >= 15 is 0 Å². The molecule has 6 nitrogen and oxygen atoms in total. The highest BCUT2D eigenvalue weighted by Crippen LogP contribution is 2.27. The lowest BCUT2D eigenvalue weighted by Crippen LogP contribution is -2.38. The van der Waals surface area contributed by atoms with Crippen molar-refractivity contribution >= 4 is 44.7 Å². The van der Waals surface area contributed by atoms with Gasteiger partial charge in [-0.25, -0.2) is 8.42 Å². The summed E-state index contributed by atoms with van der Waals surface area (Å²) in [6.07, 6.45) is 0. The van der Waals surface area contributed by atoms with E-state index in [1.807, 2.05) is 0 Å². The maximum atomic E-state index is 13.4. The zero-order valence-electron chi connectivity index (χ0n) is 17.0. The van der Waals surface area contributed by atoms with Crippen LogP contribution in [0.15, 0.2) is 77.7 Å². The van der Waals surface area contributed by atoms with E-state index in [-0.39, 0.29) is 10.7 Å². The highest BCUT2D eigenvalue weighted by molar-refractivity contribution is 7.92. The lowest BCUT2D eigenvalue weighted by molar-refractivity contribution is -0.114. The molecule has 0 aliphatic carbocycles. The zero-order valence-corrected chi connectivity index (χ0v) is 18.6. The molecule has 0 aromatic heterocycles. The van der Waals surface area contributed by atoms with Gasteiger partial charge < -0.3 is 5.32 Å². The summed E-state index contributed by atoms with van der Waals surface area (Å²) in [5.74, 6) is -0.676. The number of benzene rings is 3. The van der Waals surface area contributed by atoms with Gasteiger partial charge in [0.15, 0.2) is 5.78 Å². The predicted octanol–water partition coefficient (Wildman–Crippen LogP) is 4.69. The Labute approximate surface area is 186 Å². The van der Waals surface area contributed by atoms with Crippen LogP contribution in [0.5, 0.6) is 0 Å². The first-order valence-corrected chi connectivity index (χ1v) is 11.2. The second-order valence-corrected chi connectivity index (χ2v) is 9.24. The van der Waals surface area contributed by atoms with Crippen LogP contribution in [0.2, 0.25) is 5.02 Å². The van der Waals surface area contributed by atoms with E-state index in [0.717, 1.165) is 4.31 Å². The van der Waals surface area contributed by atoms with Crippen molar-refractivity contribution in [2.45, 2.75) is 18.7 Å². The number of aryl methyl sites for hydroxylation is 1. The first-order valence-electron chi connectivity index (χ1n) is 9.43. The molecule has 0 atom stereocenters. The molecular formula is C23H21ClN2O4S. The number of Topliss-reactive ketones (excluding diaryl/α,β-unsaturated/α-hetero) is 1. The Morgan fingerprint density at radius 2 is 1.65 bits per heavy atom. The molecule has 31 heavy (non-hydrogen) atoms. The number of sulfonamides is 1. The SMILES string of the molecule is CC(=O)c1cccc(NC(=O)CN(c2ccccc2C)S(=O)(=O)c2ccc(Cl)cc2)c1. The summed E-state index contributed by atoms with van der Waals surface area (Å²) in [4.78, 5) is 24.4. The molecule has 3 aromatic rings. The third-order valence-electron chi connectivity index (χ3n) is 4.63. The largest absolute Gasteiger partial charge is 0.324 e. The first-order chi connectivity index (χ1) is 14.7. The number of carbonyl (C=O) groups is 2. The fourth-order valence-corrected chi connectivity index (χ4v) is 4.64. The average Bonchev–Trinajstić information content (AvgIpc) is 2.73. The number of halogens is 1. The second-order valence-electron chi connectivity index (χ2n) is 6.94. The number of amides is 1. The van der Waals surface area contributed by atoms with Crippen molar-refractivity contribution in [2.75, 3.05) is 16.2 Å². The van der Waals surface area contributed by atoms with Gasteiger partial charge in [-0.3, -0.25) is 13.9 Å². The Hall–Kier alpha value is -3.16. The van der Waals surface area contributed by atoms with Crippen LogP contribution < -0.4 is 9.62 Å². The summed E-state index contributed by atoms with van der Waals surface area (Å²) >= 11 is 5.90. The smallest absolute Gasteiger partial charge is 0.264 e. The van der Waals surface area contributed by atoms with E-state index in [9.17, 15) is 18.0 Å². The summed E-state index contributed by atoms with van der Waals surface area (Å²) in [5.41, 5.74) is 1.95. The standard InChI is InChI=1S/C23H21ClN2O4S/c1-16-6-3-4-9-22(16)26(31(29,30)21-12-10-19(24)11-13-21)15-23(28)25-20-8-5-7-18(14-20)17(2)27/h3-14H,15H2,1-2H3,(H,25,28). The molecule has 0 heterocycles. The molecule has 0 aliphatic heterocycles. The highest BCUT2D eigenvalue weighted by atomic mass is 35.5. The number of carbonyl (C=O) groups excluding carboxylic acids is 2. The van der Waals surface area contributed by atoms with Gasteiger partial charge in [0.05, 0.1) is 10.6 Å². The molecule has 0 radical (unpaired) electrons. The Bertz CT molecular complexity index is 1220. The van der Waals surface area contributed by atoms with Crippen molar-refractivity contribution in [1.29, 1.82) is 0 Å². The van der Waals surface area contributed by atoms with Crippen LogP contribution in [0.1, 0.15) is 22.8 Å². The Morgan fingerprint density at radius 1 is 0.968 bits per heavy atom. The van der Waals surface area contributed by atoms with Crippen LogP contribution in [0.4, 0.5) is 11.4 Å². The van der Waals surface area contributed by atoms with Gasteiger partial charge in [-0.15, -0.1) is 0 Å². The van der Waals surface area contributed by atoms with Gasteiger partial charge in [-0.05, 0) is 61.9 Å². The van der Waals surface area contributed by atoms with Gasteiger partial charge in [-0.2, -0.15) is 0 Å². The molecule has 8 heteroatoms. The van der Waals surface area contributed by atoms with Crippen LogP contribution in [-0.2, 0) is 14.8 Å². The summed E-state index contributed by atoms with van der Waals surface area (Å²) in [6, 6.07) is 19.2. The normalized spacial score (nSPS) is 11.1. The number of hydrogen-bond donors (Lipinski definition) is 1. The molecule has 3 rings (SSSR count). The topological polar surface area (TPSA) is 83.6 Å². The molecule has 0 bridgehead atoms. The van der Waals surface area contributed by atoms with E-state index in [4.69, 9.17) is 11.6 Å². The van der Waals surface area contributed by atoms with Crippen molar-refractivity contribution in [3.05, 3.63) is 88.9 Å². The predicted molar refractivity (Wildman–Crippen MR) is 122 cm³/mol. The number of ketones is 1. The summed E-state index contributed by atoms with van der Waals surface area (Å²) in [6.45, 7) is 2.76. The molecular weight excluding hydrogens is 436 g/mol. The Kier molecular flexibility index (Phi) is 6.77. The average molecular weight is 457 g/mol. The van der Waals surface area contributed by atoms with Crippen molar-refractivity contribution < 1.29 is 18.0 Å². The molecule has 160 valence electrons. The van der Waals surface area contributed by atoms with Gasteiger partial charge in [-0.1, -0.05) is 41.9 Å². The van der Waals surface area contributed by atoms with Gasteiger partial charge >= 0.3 is 0 Å². The van der Waals surface area contributed by atoms with E-state index in [1.54, 1.807) is 55.5 Å². The zero-order chi connectivity index (χ0) is 22.6. The number of para-hydroxylation sites is 1. The van der Waals surface area contributed by atoms with Crippen molar-refractivity contribution in [2.24, 2.45) is 0 Å². The maximum Gasteiger partial charge on any atom is 0.264 e. The molecule has 0 aliphatic rings. The van der Waals surface area contributed by atoms with Crippen molar-refractivity contribution in [3.8, 4) is 0 Å². The van der Waals surface area contributed by atoms with Crippen LogP contribution in [0.25, 0.3) is 0 Å². The molecule has 0 saturated heterocycles. The van der Waals surface area contributed by atoms with E-state index in [0.29, 0.717) is 27.5 Å². The Morgan fingerprint density at radius 3 is 2.29 bits per heavy atom. The lowest BCUT2D eigenvalue weighted by atomic mass is 10.1. The molecule has 0 unspecified atom stereocenters. The highest BCUT2D eigenvalue weighted by Gasteiger charge is 2.28. The fourth-order valence-electron chi connectivity index (χ4n) is 3.02. The maximum absolute atomic E-state index is 13.4. The quantitative estimate of drug-likeness (QED) is 0.523. The molecule has 1 amide bonds. The summed E-state index contributed by atoms with van der Waals surface area (Å²) < 4.78 is 27.8. The molecule has 0 fully saturated rings. The summed E-state index contributed by atoms with van der Waals surface area (Å²) in [7, 11) is -4.04. The third-order valence-corrected chi connectivity index (χ3v) is 6.65. The van der Waals surface area contributed by atoms with E-state index < -0.39 is 22.5 Å². The second kappa shape index (κ2) is 9.32. The third kappa shape index (κ3) is 5.31. The van der Waals surface area contributed by atoms with Crippen LogP contribution in [-0.4, -0.2) is 26.7 Å². The minimum absolute atomic E-state index is 0.0199. The summed E-state index contributed by atoms with van der Waals surface area (Å²) in [5, 5.41) is 3.08. The molecule has 0 spiro atoms. The number of hydrogen-bond acceptors (Lipinski definition) is 4. The van der Waals surface area contributed by atoms with Gasteiger partial charge in [0.1, 0.15) is 6.54 Å². The Balaban J connectivity index is 1.95. The lowest BCUT2D eigenvalue weighted by Gasteiger charge is -2.25. The molecule has 3 aromatic carbocycles. The number of nitrogens with one attached hydrogen (secondary N) is 1. The van der Waals surface area contributed by atoms with Gasteiger partial charge in [0.2, 0.25) is 5.91 Å². The van der Waals surface area contributed by atoms with Crippen LogP contribution in [0, 0.1) is 6.92 Å². The number of nitrogens with zero attached hydrogens (tertiary/aromatic N) is 1. The van der Waals surface area contributed by atoms with Crippen molar-refractivity contribution in [3.63, 3.8) is 0 Å². The van der Waals surface area contributed by atoms with Crippen LogP contribution in [0.3, 0.4) is 0 Å².